The van der Waals surface area contributed by atoms with Crippen molar-refractivity contribution in [2.24, 2.45) is 22.2 Å². The predicted molar refractivity (Wildman–Crippen MR) is 97.0 cm³/mol. The lowest BCUT2D eigenvalue weighted by molar-refractivity contribution is -0.0686. The van der Waals surface area contributed by atoms with Crippen molar-refractivity contribution in [3.8, 4) is 6.07 Å². The van der Waals surface area contributed by atoms with E-state index in [2.05, 4.69) is 19.9 Å². The summed E-state index contributed by atoms with van der Waals surface area (Å²) in [5.41, 5.74) is 1.45. The molecule has 4 aliphatic carbocycles. The Morgan fingerprint density at radius 3 is 1.96 bits per heavy atom. The lowest BCUT2D eigenvalue weighted by Crippen LogP contribution is -2.47. The molecule has 4 rings (SSSR count). The van der Waals surface area contributed by atoms with Gasteiger partial charge in [-0.05, 0) is 93.8 Å². The molecule has 0 heterocycles. The van der Waals surface area contributed by atoms with Gasteiger partial charge in [0.2, 0.25) is 0 Å². The molecule has 0 saturated heterocycles. The van der Waals surface area contributed by atoms with Gasteiger partial charge in [0.05, 0.1) is 11.5 Å². The summed E-state index contributed by atoms with van der Waals surface area (Å²) >= 11 is 0. The molecule has 4 saturated carbocycles. The zero-order valence-electron chi connectivity index (χ0n) is 15.6. The number of unbranched alkanes of at least 4 members (excludes halogenated alkanes) is 2. The fourth-order valence-corrected chi connectivity index (χ4v) is 6.36. The SMILES string of the molecule is CCCCCC12CCC(C3CCC(C#N)(CC)CC3)(CC1)CC2. The summed E-state index contributed by atoms with van der Waals surface area (Å²) < 4.78 is 0. The summed E-state index contributed by atoms with van der Waals surface area (Å²) in [7, 11) is 0. The maximum Gasteiger partial charge on any atom is 0.0689 e. The van der Waals surface area contributed by atoms with Gasteiger partial charge in [-0.2, -0.15) is 5.26 Å². The van der Waals surface area contributed by atoms with Gasteiger partial charge in [0.15, 0.2) is 0 Å². The van der Waals surface area contributed by atoms with Crippen molar-refractivity contribution in [2.45, 2.75) is 110 Å². The van der Waals surface area contributed by atoms with E-state index in [-0.39, 0.29) is 5.41 Å². The van der Waals surface area contributed by atoms with Crippen LogP contribution in [0, 0.1) is 33.5 Å². The Bertz CT molecular complexity index is 411. The van der Waals surface area contributed by atoms with E-state index in [1.54, 1.807) is 0 Å². The van der Waals surface area contributed by atoms with Crippen LogP contribution in [-0.2, 0) is 0 Å². The third-order valence-electron chi connectivity index (χ3n) is 8.49. The van der Waals surface area contributed by atoms with Crippen LogP contribution in [0.25, 0.3) is 0 Å². The molecule has 0 spiro atoms. The topological polar surface area (TPSA) is 23.8 Å². The first-order valence-corrected chi connectivity index (χ1v) is 10.5. The molecular formula is C22H37N. The first-order valence-electron chi connectivity index (χ1n) is 10.5. The van der Waals surface area contributed by atoms with E-state index in [0.717, 1.165) is 17.8 Å². The number of nitriles is 1. The zero-order valence-corrected chi connectivity index (χ0v) is 15.6. The maximum atomic E-state index is 9.55. The Balaban J connectivity index is 1.57. The van der Waals surface area contributed by atoms with Crippen molar-refractivity contribution in [3.05, 3.63) is 0 Å². The molecule has 0 aromatic heterocycles. The third-order valence-corrected chi connectivity index (χ3v) is 8.49. The van der Waals surface area contributed by atoms with Gasteiger partial charge in [0.1, 0.15) is 0 Å². The summed E-state index contributed by atoms with van der Waals surface area (Å²) in [6, 6.07) is 2.67. The molecule has 23 heavy (non-hydrogen) atoms. The second-order valence-electron chi connectivity index (χ2n) is 9.34. The van der Waals surface area contributed by atoms with Gasteiger partial charge >= 0.3 is 0 Å². The molecule has 0 amide bonds. The van der Waals surface area contributed by atoms with Crippen molar-refractivity contribution in [3.63, 3.8) is 0 Å². The number of hydrogen-bond donors (Lipinski definition) is 0. The van der Waals surface area contributed by atoms with E-state index in [0.29, 0.717) is 5.41 Å². The summed E-state index contributed by atoms with van der Waals surface area (Å²) in [6.07, 6.45) is 20.9. The minimum atomic E-state index is 0.0282. The standard InChI is InChI=1S/C22H37N/c1-3-5-6-9-21-12-15-22(16-13-21,17-14-21)19-7-10-20(4-2,18-23)11-8-19/h19H,3-17H2,1-2H3. The largest absolute Gasteiger partial charge is 0.198 e. The Kier molecular flexibility index (Phi) is 5.10. The third kappa shape index (κ3) is 3.20. The molecule has 130 valence electrons. The van der Waals surface area contributed by atoms with Crippen molar-refractivity contribution in [1.82, 2.24) is 0 Å². The molecule has 0 unspecified atom stereocenters. The molecular weight excluding hydrogens is 278 g/mol. The Hall–Kier alpha value is -0.510. The van der Waals surface area contributed by atoms with Gasteiger partial charge in [-0.15, -0.1) is 0 Å². The number of fused-ring (bicyclic) bond motifs is 3. The zero-order chi connectivity index (χ0) is 16.4. The smallest absolute Gasteiger partial charge is 0.0689 e. The number of hydrogen-bond acceptors (Lipinski definition) is 1. The minimum absolute atomic E-state index is 0.0282. The van der Waals surface area contributed by atoms with E-state index in [9.17, 15) is 5.26 Å². The van der Waals surface area contributed by atoms with Crippen molar-refractivity contribution < 1.29 is 0 Å². The summed E-state index contributed by atoms with van der Waals surface area (Å²) in [5.74, 6) is 0.935. The second-order valence-corrected chi connectivity index (χ2v) is 9.34. The van der Waals surface area contributed by atoms with Crippen LogP contribution >= 0.6 is 0 Å². The normalized spacial score (nSPS) is 43.3. The van der Waals surface area contributed by atoms with Gasteiger partial charge in [-0.1, -0.05) is 33.1 Å². The average molecular weight is 316 g/mol. The molecule has 0 aliphatic heterocycles. The van der Waals surface area contributed by atoms with E-state index < -0.39 is 0 Å². The fourth-order valence-electron chi connectivity index (χ4n) is 6.36. The molecule has 1 nitrogen and oxygen atoms in total. The van der Waals surface area contributed by atoms with Crippen molar-refractivity contribution in [2.75, 3.05) is 0 Å². The minimum Gasteiger partial charge on any atom is -0.198 e. The molecule has 0 radical (unpaired) electrons. The lowest BCUT2D eigenvalue weighted by atomic mass is 9.47. The summed E-state index contributed by atoms with van der Waals surface area (Å²) in [5, 5.41) is 9.55. The van der Waals surface area contributed by atoms with Crippen LogP contribution in [0.5, 0.6) is 0 Å². The molecule has 0 atom stereocenters. The first kappa shape index (κ1) is 17.3. The highest BCUT2D eigenvalue weighted by atomic mass is 14.6. The van der Waals surface area contributed by atoms with Crippen LogP contribution < -0.4 is 0 Å². The number of rotatable bonds is 6. The molecule has 0 aromatic rings. The molecule has 4 fully saturated rings. The van der Waals surface area contributed by atoms with Gasteiger partial charge in [-0.25, -0.2) is 0 Å². The molecule has 1 heteroatoms. The van der Waals surface area contributed by atoms with Gasteiger partial charge in [0, 0.05) is 0 Å². The predicted octanol–water partition coefficient (Wildman–Crippen LogP) is 7.02. The lowest BCUT2D eigenvalue weighted by Gasteiger charge is -2.58. The van der Waals surface area contributed by atoms with E-state index in [1.807, 2.05) is 0 Å². The highest BCUT2D eigenvalue weighted by molar-refractivity contribution is 5.06. The quantitative estimate of drug-likeness (QED) is 0.483. The molecule has 2 bridgehead atoms. The van der Waals surface area contributed by atoms with Crippen LogP contribution in [0.4, 0.5) is 0 Å². The molecule has 4 aliphatic rings. The van der Waals surface area contributed by atoms with E-state index >= 15 is 0 Å². The van der Waals surface area contributed by atoms with E-state index in [4.69, 9.17) is 0 Å². The van der Waals surface area contributed by atoms with Crippen LogP contribution in [0.2, 0.25) is 0 Å². The highest BCUT2D eigenvalue weighted by Crippen LogP contribution is 2.64. The molecule has 0 N–H and O–H groups in total. The van der Waals surface area contributed by atoms with Gasteiger partial charge < -0.3 is 0 Å². The second kappa shape index (κ2) is 6.78. The van der Waals surface area contributed by atoms with Crippen LogP contribution in [-0.4, -0.2) is 0 Å². The van der Waals surface area contributed by atoms with Crippen LogP contribution in [0.1, 0.15) is 110 Å². The average Bonchev–Trinajstić information content (AvgIpc) is 2.63. The van der Waals surface area contributed by atoms with Crippen LogP contribution in [0.15, 0.2) is 0 Å². The molecule has 0 aromatic carbocycles. The first-order chi connectivity index (χ1) is 11.1. The summed E-state index contributed by atoms with van der Waals surface area (Å²) in [6.45, 7) is 4.54. The Morgan fingerprint density at radius 1 is 0.870 bits per heavy atom. The highest BCUT2D eigenvalue weighted by Gasteiger charge is 2.52. The monoisotopic (exact) mass is 315 g/mol. The Morgan fingerprint density at radius 2 is 1.48 bits per heavy atom. The summed E-state index contributed by atoms with van der Waals surface area (Å²) in [4.78, 5) is 0. The van der Waals surface area contributed by atoms with Crippen molar-refractivity contribution in [1.29, 1.82) is 5.26 Å². The number of nitrogens with zero attached hydrogens (tertiary/aromatic N) is 1. The van der Waals surface area contributed by atoms with Crippen molar-refractivity contribution >= 4 is 0 Å². The van der Waals surface area contributed by atoms with Gasteiger partial charge in [-0.3, -0.25) is 0 Å². The van der Waals surface area contributed by atoms with E-state index in [1.165, 1.54) is 89.9 Å². The van der Waals surface area contributed by atoms with Gasteiger partial charge in [0.25, 0.3) is 0 Å². The Labute approximate surface area is 144 Å². The van der Waals surface area contributed by atoms with Crippen LogP contribution in [0.3, 0.4) is 0 Å². The maximum absolute atomic E-state index is 9.55. The fraction of sp³-hybridized carbons (Fsp3) is 0.955.